The van der Waals surface area contributed by atoms with Gasteiger partial charge in [0.1, 0.15) is 0 Å². The van der Waals surface area contributed by atoms with Crippen molar-refractivity contribution < 1.29 is 9.59 Å². The molecule has 0 spiro atoms. The lowest BCUT2D eigenvalue weighted by molar-refractivity contribution is -0.117. The number of nitrogens with two attached hydrogens (primary N) is 2. The molecule has 3 rings (SSSR count). The summed E-state index contributed by atoms with van der Waals surface area (Å²) in [5, 5.41) is 5.46. The number of rotatable bonds is 6. The molecule has 0 radical (unpaired) electrons. The van der Waals surface area contributed by atoms with Crippen LogP contribution >= 0.6 is 11.3 Å². The number of aromatic nitrogens is 1. The summed E-state index contributed by atoms with van der Waals surface area (Å²) in [7, 11) is 0. The lowest BCUT2D eigenvalue weighted by Gasteiger charge is -2.35. The highest BCUT2D eigenvalue weighted by Crippen LogP contribution is 2.18. The van der Waals surface area contributed by atoms with E-state index in [4.69, 9.17) is 11.5 Å². The summed E-state index contributed by atoms with van der Waals surface area (Å²) in [5.74, 6) is -0.407. The number of aliphatic imine (C=N–C) groups is 1. The maximum Gasteiger partial charge on any atom is 0.251 e. The topological polar surface area (TPSA) is 130 Å². The van der Waals surface area contributed by atoms with Gasteiger partial charge in [-0.3, -0.25) is 9.59 Å². The Hall–Kier alpha value is -3.14. The van der Waals surface area contributed by atoms with E-state index in [-0.39, 0.29) is 12.5 Å². The molecule has 28 heavy (non-hydrogen) atoms. The van der Waals surface area contributed by atoms with E-state index >= 15 is 0 Å². The molecule has 1 aliphatic rings. The average molecular weight is 401 g/mol. The van der Waals surface area contributed by atoms with Crippen molar-refractivity contribution in [2.24, 2.45) is 16.5 Å². The number of hydrogen-bond acceptors (Lipinski definition) is 6. The first-order chi connectivity index (χ1) is 13.5. The van der Waals surface area contributed by atoms with Crippen LogP contribution in [0.3, 0.4) is 0 Å². The first-order valence-electron chi connectivity index (χ1n) is 8.87. The van der Waals surface area contributed by atoms with Crippen LogP contribution in [0.15, 0.2) is 40.8 Å². The first kappa shape index (κ1) is 19.6. The van der Waals surface area contributed by atoms with Crippen LogP contribution in [0.2, 0.25) is 0 Å². The summed E-state index contributed by atoms with van der Waals surface area (Å²) < 4.78 is 0. The number of guanidine groups is 1. The number of benzene rings is 1. The highest BCUT2D eigenvalue weighted by Gasteiger charge is 2.19. The maximum absolute atomic E-state index is 11.9. The molecule has 1 fully saturated rings. The van der Waals surface area contributed by atoms with Crippen LogP contribution in [0, 0.1) is 0 Å². The van der Waals surface area contributed by atoms with E-state index in [2.05, 4.69) is 25.1 Å². The third-order valence-corrected chi connectivity index (χ3v) is 5.19. The summed E-state index contributed by atoms with van der Waals surface area (Å²) in [4.78, 5) is 35.7. The number of carbonyl (C=O) groups excluding carboxylic acids is 2. The second-order valence-corrected chi connectivity index (χ2v) is 7.18. The minimum Gasteiger partial charge on any atom is -0.370 e. The third-order valence-electron chi connectivity index (χ3n) is 4.36. The number of piperazine rings is 1. The van der Waals surface area contributed by atoms with Crippen LogP contribution in [-0.4, -0.2) is 60.4 Å². The zero-order valence-electron chi connectivity index (χ0n) is 15.4. The Kier molecular flexibility index (Phi) is 6.43. The summed E-state index contributed by atoms with van der Waals surface area (Å²) >= 11 is 1.64. The maximum atomic E-state index is 11.9. The standard InChI is InChI=1S/C18H23N7O2S/c19-15(26)12-22-16(27)14-3-1-13(2-4-14)11-23-17(20)24-6-8-25(9-7-24)18-21-5-10-28-18/h1-5,10H,6-9,11-12H2,(H2,19,26)(H2,20,23)(H,22,27). The van der Waals surface area contributed by atoms with Crippen LogP contribution in [-0.2, 0) is 11.3 Å². The number of amides is 2. The zero-order valence-corrected chi connectivity index (χ0v) is 16.2. The van der Waals surface area contributed by atoms with Crippen LogP contribution in [0.5, 0.6) is 0 Å². The van der Waals surface area contributed by atoms with Gasteiger partial charge in [-0.2, -0.15) is 0 Å². The second-order valence-electron chi connectivity index (χ2n) is 6.31. The molecule has 10 heteroatoms. The van der Waals surface area contributed by atoms with Gasteiger partial charge >= 0.3 is 0 Å². The molecule has 0 atom stereocenters. The van der Waals surface area contributed by atoms with Crippen molar-refractivity contribution in [3.63, 3.8) is 0 Å². The number of thiazole rings is 1. The van der Waals surface area contributed by atoms with Gasteiger partial charge in [0, 0.05) is 43.3 Å². The Bertz CT molecular complexity index is 828. The van der Waals surface area contributed by atoms with Gasteiger partial charge < -0.3 is 26.6 Å². The Morgan fingerprint density at radius 3 is 2.46 bits per heavy atom. The molecule has 148 valence electrons. The molecule has 9 nitrogen and oxygen atoms in total. The smallest absolute Gasteiger partial charge is 0.251 e. The van der Waals surface area contributed by atoms with Gasteiger partial charge in [0.25, 0.3) is 5.91 Å². The number of anilines is 1. The molecule has 1 aliphatic heterocycles. The summed E-state index contributed by atoms with van der Waals surface area (Å²) in [6.07, 6.45) is 1.81. The van der Waals surface area contributed by atoms with Crippen LogP contribution < -0.4 is 21.7 Å². The number of carbonyl (C=O) groups is 2. The van der Waals surface area contributed by atoms with Crippen molar-refractivity contribution in [2.75, 3.05) is 37.6 Å². The molecule has 0 aliphatic carbocycles. The predicted octanol–water partition coefficient (Wildman–Crippen LogP) is -0.00490. The molecule has 2 aromatic rings. The Morgan fingerprint density at radius 1 is 1.14 bits per heavy atom. The van der Waals surface area contributed by atoms with Gasteiger partial charge in [-0.15, -0.1) is 11.3 Å². The van der Waals surface area contributed by atoms with Crippen LogP contribution in [0.25, 0.3) is 0 Å². The Balaban J connectivity index is 1.49. The summed E-state index contributed by atoms with van der Waals surface area (Å²) in [6, 6.07) is 7.00. The van der Waals surface area contributed by atoms with Gasteiger partial charge in [0.15, 0.2) is 11.1 Å². The molecule has 0 unspecified atom stereocenters. The monoisotopic (exact) mass is 401 g/mol. The summed E-state index contributed by atoms with van der Waals surface area (Å²) in [6.45, 7) is 3.57. The molecule has 2 heterocycles. The largest absolute Gasteiger partial charge is 0.370 e. The van der Waals surface area contributed by atoms with E-state index in [9.17, 15) is 9.59 Å². The average Bonchev–Trinajstić information content (AvgIpc) is 3.25. The van der Waals surface area contributed by atoms with E-state index in [1.807, 2.05) is 23.7 Å². The van der Waals surface area contributed by atoms with Crippen molar-refractivity contribution in [2.45, 2.75) is 6.54 Å². The molecular formula is C18H23N7O2S. The van der Waals surface area contributed by atoms with Gasteiger partial charge in [-0.25, -0.2) is 9.98 Å². The molecule has 2 amide bonds. The summed E-state index contributed by atoms with van der Waals surface area (Å²) in [5.41, 5.74) is 12.6. The Morgan fingerprint density at radius 2 is 1.86 bits per heavy atom. The zero-order chi connectivity index (χ0) is 19.9. The van der Waals surface area contributed by atoms with Crippen molar-refractivity contribution in [1.29, 1.82) is 0 Å². The van der Waals surface area contributed by atoms with Gasteiger partial charge in [0.05, 0.1) is 13.1 Å². The predicted molar refractivity (Wildman–Crippen MR) is 109 cm³/mol. The molecule has 0 saturated carbocycles. The Labute approximate surface area is 167 Å². The highest BCUT2D eigenvalue weighted by molar-refractivity contribution is 7.13. The van der Waals surface area contributed by atoms with E-state index in [1.54, 1.807) is 23.5 Å². The minimum atomic E-state index is -0.581. The number of hydrogen-bond donors (Lipinski definition) is 3. The quantitative estimate of drug-likeness (QED) is 0.461. The molecule has 1 saturated heterocycles. The number of nitrogens with one attached hydrogen (secondary N) is 1. The fourth-order valence-corrected chi connectivity index (χ4v) is 3.50. The fraction of sp³-hybridized carbons (Fsp3) is 0.333. The molecule has 1 aromatic carbocycles. The lowest BCUT2D eigenvalue weighted by atomic mass is 10.1. The fourth-order valence-electron chi connectivity index (χ4n) is 2.80. The second kappa shape index (κ2) is 9.18. The van der Waals surface area contributed by atoms with E-state index < -0.39 is 5.91 Å². The third kappa shape index (κ3) is 5.19. The molecule has 0 bridgehead atoms. The highest BCUT2D eigenvalue weighted by atomic mass is 32.1. The molecule has 5 N–H and O–H groups in total. The van der Waals surface area contributed by atoms with E-state index in [1.165, 1.54) is 0 Å². The number of primary amides is 1. The van der Waals surface area contributed by atoms with Gasteiger partial charge in [0.2, 0.25) is 5.91 Å². The lowest BCUT2D eigenvalue weighted by Crippen LogP contribution is -2.51. The van der Waals surface area contributed by atoms with E-state index in [0.717, 1.165) is 36.9 Å². The van der Waals surface area contributed by atoms with Crippen molar-refractivity contribution in [3.05, 3.63) is 47.0 Å². The van der Waals surface area contributed by atoms with Crippen molar-refractivity contribution >= 4 is 34.2 Å². The normalized spacial score (nSPS) is 14.8. The SMILES string of the molecule is NC(=O)CNC(=O)c1ccc(CN=C(N)N2CCN(c3nccs3)CC2)cc1. The van der Waals surface area contributed by atoms with Gasteiger partial charge in [-0.05, 0) is 17.7 Å². The molecule has 1 aromatic heterocycles. The first-order valence-corrected chi connectivity index (χ1v) is 9.75. The van der Waals surface area contributed by atoms with Crippen LogP contribution in [0.1, 0.15) is 15.9 Å². The minimum absolute atomic E-state index is 0.183. The van der Waals surface area contributed by atoms with E-state index in [0.29, 0.717) is 18.1 Å². The van der Waals surface area contributed by atoms with Crippen molar-refractivity contribution in [3.8, 4) is 0 Å². The van der Waals surface area contributed by atoms with Crippen molar-refractivity contribution in [1.82, 2.24) is 15.2 Å². The van der Waals surface area contributed by atoms with Crippen LogP contribution in [0.4, 0.5) is 5.13 Å². The van der Waals surface area contributed by atoms with Gasteiger partial charge in [-0.1, -0.05) is 12.1 Å². The molecular weight excluding hydrogens is 378 g/mol. The number of nitrogens with zero attached hydrogens (tertiary/aromatic N) is 4.